The Morgan fingerprint density at radius 1 is 1.00 bits per heavy atom. The Hall–Kier alpha value is -3.97. The van der Waals surface area contributed by atoms with E-state index in [1.54, 1.807) is 30.3 Å². The van der Waals surface area contributed by atoms with Crippen LogP contribution in [0.3, 0.4) is 0 Å². The van der Waals surface area contributed by atoms with Crippen LogP contribution in [0.15, 0.2) is 88.4 Å². The van der Waals surface area contributed by atoms with Crippen molar-refractivity contribution in [3.05, 3.63) is 106 Å². The Morgan fingerprint density at radius 2 is 1.73 bits per heavy atom. The van der Waals surface area contributed by atoms with E-state index in [-0.39, 0.29) is 18.4 Å². The number of rotatable bonds is 8. The first-order valence-corrected chi connectivity index (χ1v) is 12.7. The van der Waals surface area contributed by atoms with E-state index in [9.17, 15) is 9.59 Å². The lowest BCUT2D eigenvalue weighted by Crippen LogP contribution is -2.25. The van der Waals surface area contributed by atoms with Crippen LogP contribution >= 0.6 is 15.9 Å². The third-order valence-corrected chi connectivity index (χ3v) is 6.63. The zero-order valence-electron chi connectivity index (χ0n) is 20.8. The lowest BCUT2D eigenvalue weighted by atomic mass is 10.0. The van der Waals surface area contributed by atoms with E-state index in [2.05, 4.69) is 40.3 Å². The Labute approximate surface area is 224 Å². The molecular weight excluding hydrogens is 532 g/mol. The number of nitrogens with one attached hydrogen (secondary N) is 1. The molecule has 0 saturated heterocycles. The second-order valence-corrected chi connectivity index (χ2v) is 9.72. The molecule has 7 heteroatoms. The molecule has 4 aromatic carbocycles. The number of hydrogen-bond acceptors (Lipinski definition) is 5. The van der Waals surface area contributed by atoms with Crippen LogP contribution in [-0.4, -0.2) is 24.7 Å². The van der Waals surface area contributed by atoms with Gasteiger partial charge in [0, 0.05) is 4.47 Å². The summed E-state index contributed by atoms with van der Waals surface area (Å²) in [4.78, 5) is 24.9. The molecule has 0 unspecified atom stereocenters. The number of fused-ring (bicyclic) bond motifs is 1. The van der Waals surface area contributed by atoms with Gasteiger partial charge in [0.15, 0.2) is 6.61 Å². The summed E-state index contributed by atoms with van der Waals surface area (Å²) in [6, 6.07) is 24.0. The summed E-state index contributed by atoms with van der Waals surface area (Å²) >= 11 is 3.54. The maximum atomic E-state index is 12.7. The molecule has 37 heavy (non-hydrogen) atoms. The maximum Gasteiger partial charge on any atom is 0.344 e. The van der Waals surface area contributed by atoms with Gasteiger partial charge in [0.1, 0.15) is 11.5 Å². The predicted molar refractivity (Wildman–Crippen MR) is 150 cm³/mol. The van der Waals surface area contributed by atoms with Gasteiger partial charge in [0.2, 0.25) is 0 Å². The number of aryl methyl sites for hydroxylation is 1. The van der Waals surface area contributed by atoms with Crippen molar-refractivity contribution < 1.29 is 19.1 Å². The number of benzene rings is 4. The summed E-state index contributed by atoms with van der Waals surface area (Å²) in [5.41, 5.74) is 5.77. The van der Waals surface area contributed by atoms with E-state index < -0.39 is 5.97 Å². The number of halogens is 1. The van der Waals surface area contributed by atoms with Crippen LogP contribution in [0.2, 0.25) is 0 Å². The summed E-state index contributed by atoms with van der Waals surface area (Å²) in [6.07, 6.45) is 1.51. The van der Waals surface area contributed by atoms with E-state index in [1.165, 1.54) is 6.21 Å². The number of ether oxygens (including phenoxy) is 2. The van der Waals surface area contributed by atoms with Gasteiger partial charge in [-0.1, -0.05) is 66.2 Å². The molecule has 0 aliphatic heterocycles. The molecule has 0 spiro atoms. The van der Waals surface area contributed by atoms with Crippen molar-refractivity contribution in [3.8, 4) is 11.5 Å². The van der Waals surface area contributed by atoms with Crippen LogP contribution in [0.5, 0.6) is 11.5 Å². The first-order chi connectivity index (χ1) is 17.8. The molecule has 4 rings (SSSR count). The number of carbonyl (C=O) groups excluding carboxylic acids is 2. The Kier molecular flexibility index (Phi) is 8.36. The molecule has 0 aliphatic rings. The smallest absolute Gasteiger partial charge is 0.344 e. The van der Waals surface area contributed by atoms with Gasteiger partial charge in [-0.3, -0.25) is 4.79 Å². The molecule has 1 amide bonds. The van der Waals surface area contributed by atoms with Crippen LogP contribution < -0.4 is 14.9 Å². The van der Waals surface area contributed by atoms with Gasteiger partial charge in [-0.2, -0.15) is 5.10 Å². The van der Waals surface area contributed by atoms with Crippen LogP contribution in [0, 0.1) is 6.92 Å². The van der Waals surface area contributed by atoms with Crippen molar-refractivity contribution in [2.75, 3.05) is 6.61 Å². The summed E-state index contributed by atoms with van der Waals surface area (Å²) in [5.74, 6) is 0.559. The van der Waals surface area contributed by atoms with Crippen LogP contribution in [0.4, 0.5) is 0 Å². The summed E-state index contributed by atoms with van der Waals surface area (Å²) in [7, 11) is 0. The highest BCUT2D eigenvalue weighted by Crippen LogP contribution is 2.32. The highest BCUT2D eigenvalue weighted by atomic mass is 79.9. The maximum absolute atomic E-state index is 12.7. The minimum atomic E-state index is -0.424. The first-order valence-electron chi connectivity index (χ1n) is 11.9. The molecule has 0 atom stereocenters. The van der Waals surface area contributed by atoms with Crippen molar-refractivity contribution in [1.82, 2.24) is 5.43 Å². The van der Waals surface area contributed by atoms with E-state index in [0.717, 1.165) is 31.9 Å². The molecule has 4 aromatic rings. The standard InChI is InChI=1S/C30H27BrN2O4/c1-19(2)26-16-27(31)20(3)15-28(26)36-18-29(34)33-32-17-21-11-13-23(14-12-21)37-30(35)25-10-6-8-22-7-4-5-9-24(22)25/h4-17,19H,18H2,1-3H3,(H,33,34)/b32-17+. The lowest BCUT2D eigenvalue weighted by Gasteiger charge is -2.15. The minimum Gasteiger partial charge on any atom is -0.483 e. The van der Waals surface area contributed by atoms with E-state index >= 15 is 0 Å². The quantitative estimate of drug-likeness (QED) is 0.112. The average Bonchev–Trinajstić information content (AvgIpc) is 2.89. The van der Waals surface area contributed by atoms with Gasteiger partial charge < -0.3 is 9.47 Å². The monoisotopic (exact) mass is 558 g/mol. The van der Waals surface area contributed by atoms with E-state index in [0.29, 0.717) is 17.1 Å². The Morgan fingerprint density at radius 3 is 2.49 bits per heavy atom. The van der Waals surface area contributed by atoms with Crippen molar-refractivity contribution in [2.24, 2.45) is 5.10 Å². The van der Waals surface area contributed by atoms with Crippen molar-refractivity contribution in [2.45, 2.75) is 26.7 Å². The van der Waals surface area contributed by atoms with Gasteiger partial charge >= 0.3 is 5.97 Å². The van der Waals surface area contributed by atoms with Crippen molar-refractivity contribution in [1.29, 1.82) is 0 Å². The molecule has 1 N–H and O–H groups in total. The molecule has 0 fully saturated rings. The predicted octanol–water partition coefficient (Wildman–Crippen LogP) is 6.78. The molecule has 0 saturated carbocycles. The number of amides is 1. The molecule has 0 bridgehead atoms. The van der Waals surface area contributed by atoms with E-state index in [4.69, 9.17) is 9.47 Å². The van der Waals surface area contributed by atoms with Crippen molar-refractivity contribution in [3.63, 3.8) is 0 Å². The molecule has 0 aromatic heterocycles. The fraction of sp³-hybridized carbons (Fsp3) is 0.167. The third-order valence-electron chi connectivity index (χ3n) is 5.77. The minimum absolute atomic E-state index is 0.152. The zero-order chi connectivity index (χ0) is 26.4. The SMILES string of the molecule is Cc1cc(OCC(=O)N/N=C/c2ccc(OC(=O)c3cccc4ccccc34)cc2)c(C(C)C)cc1Br. The largest absolute Gasteiger partial charge is 0.483 e. The van der Waals surface area contributed by atoms with Gasteiger partial charge in [0.25, 0.3) is 5.91 Å². The summed E-state index contributed by atoms with van der Waals surface area (Å²) in [5, 5.41) is 5.81. The van der Waals surface area contributed by atoms with Crippen LogP contribution in [0.1, 0.15) is 46.8 Å². The lowest BCUT2D eigenvalue weighted by molar-refractivity contribution is -0.123. The summed E-state index contributed by atoms with van der Waals surface area (Å²) in [6.45, 7) is 5.97. The fourth-order valence-corrected chi connectivity index (χ4v) is 4.15. The third kappa shape index (κ3) is 6.62. The number of nitrogens with zero attached hydrogens (tertiary/aromatic N) is 1. The summed E-state index contributed by atoms with van der Waals surface area (Å²) < 4.78 is 12.3. The zero-order valence-corrected chi connectivity index (χ0v) is 22.4. The second kappa shape index (κ2) is 11.8. The molecule has 6 nitrogen and oxygen atoms in total. The van der Waals surface area contributed by atoms with Gasteiger partial charge in [-0.25, -0.2) is 10.2 Å². The Balaban J connectivity index is 1.31. The molecule has 188 valence electrons. The number of hydrazone groups is 1. The second-order valence-electron chi connectivity index (χ2n) is 8.86. The number of carbonyl (C=O) groups is 2. The van der Waals surface area contributed by atoms with Crippen LogP contribution in [0.25, 0.3) is 10.8 Å². The molecule has 0 aliphatic carbocycles. The topological polar surface area (TPSA) is 77.0 Å². The number of hydrogen-bond donors (Lipinski definition) is 1. The fourth-order valence-electron chi connectivity index (χ4n) is 3.79. The van der Waals surface area contributed by atoms with Crippen molar-refractivity contribution >= 4 is 44.8 Å². The van der Waals surface area contributed by atoms with Gasteiger partial charge in [0.05, 0.1) is 11.8 Å². The highest BCUT2D eigenvalue weighted by Gasteiger charge is 2.13. The number of esters is 1. The normalized spacial score (nSPS) is 11.2. The molecular formula is C30H27BrN2O4. The molecule has 0 heterocycles. The first kappa shape index (κ1) is 26.1. The average molecular weight is 559 g/mol. The van der Waals surface area contributed by atoms with E-state index in [1.807, 2.05) is 55.5 Å². The van der Waals surface area contributed by atoms with Gasteiger partial charge in [-0.05, 0) is 82.8 Å². The highest BCUT2D eigenvalue weighted by molar-refractivity contribution is 9.10. The van der Waals surface area contributed by atoms with Gasteiger partial charge in [-0.15, -0.1) is 0 Å². The Bertz CT molecular complexity index is 1460. The molecule has 0 radical (unpaired) electrons. The van der Waals surface area contributed by atoms with Crippen LogP contribution in [-0.2, 0) is 4.79 Å².